The van der Waals surface area contributed by atoms with E-state index in [-0.39, 0.29) is 11.5 Å². The van der Waals surface area contributed by atoms with Crippen LogP contribution in [-0.2, 0) is 17.8 Å². The number of pyridine rings is 1. The predicted molar refractivity (Wildman–Crippen MR) is 85.9 cm³/mol. The molecule has 1 aromatic heterocycles. The Balaban J connectivity index is 2.59. The van der Waals surface area contributed by atoms with Crippen molar-refractivity contribution < 1.29 is 9.47 Å². The van der Waals surface area contributed by atoms with Gasteiger partial charge in [-0.15, -0.1) is 0 Å². The molecule has 1 aliphatic heterocycles. The molecule has 1 aromatic rings. The molecule has 4 heteroatoms. The van der Waals surface area contributed by atoms with Gasteiger partial charge in [-0.3, -0.25) is 0 Å². The van der Waals surface area contributed by atoms with Crippen LogP contribution < -0.4 is 4.74 Å². The van der Waals surface area contributed by atoms with Gasteiger partial charge >= 0.3 is 0 Å². The summed E-state index contributed by atoms with van der Waals surface area (Å²) in [6.45, 7) is 14.9. The number of nitriles is 1. The lowest BCUT2D eigenvalue weighted by Crippen LogP contribution is -2.33. The molecule has 0 radical (unpaired) electrons. The molecule has 2 heterocycles. The molecule has 0 fully saturated rings. The monoisotopic (exact) mass is 300 g/mol. The Labute approximate surface area is 132 Å². The van der Waals surface area contributed by atoms with E-state index in [2.05, 4.69) is 31.5 Å². The van der Waals surface area contributed by atoms with Crippen molar-refractivity contribution in [2.24, 2.45) is 0 Å². The average Bonchev–Trinajstić information content (AvgIpc) is 2.42. The number of nitrogens with zero attached hydrogens (tertiary/aromatic N) is 2. The Morgan fingerprint density at radius 2 is 2.14 bits per heavy atom. The quantitative estimate of drug-likeness (QED) is 0.792. The van der Waals surface area contributed by atoms with Gasteiger partial charge in [-0.2, -0.15) is 5.26 Å². The number of fused-ring (bicyclic) bond motifs is 1. The molecule has 0 spiro atoms. The van der Waals surface area contributed by atoms with Crippen molar-refractivity contribution in [2.45, 2.75) is 59.2 Å². The first-order valence-corrected chi connectivity index (χ1v) is 7.62. The Hall–Kier alpha value is -1.86. The van der Waals surface area contributed by atoms with E-state index >= 15 is 0 Å². The molecular formula is C18H24N2O2. The van der Waals surface area contributed by atoms with Gasteiger partial charge in [-0.05, 0) is 37.8 Å². The van der Waals surface area contributed by atoms with Crippen LogP contribution in [0.2, 0.25) is 0 Å². The summed E-state index contributed by atoms with van der Waals surface area (Å²) >= 11 is 0. The maximum atomic E-state index is 9.61. The van der Waals surface area contributed by atoms with Crippen molar-refractivity contribution in [2.75, 3.05) is 6.61 Å². The van der Waals surface area contributed by atoms with Gasteiger partial charge in [0.1, 0.15) is 18.2 Å². The van der Waals surface area contributed by atoms with E-state index < -0.39 is 0 Å². The lowest BCUT2D eigenvalue weighted by Gasteiger charge is -2.34. The van der Waals surface area contributed by atoms with Gasteiger partial charge in [0.25, 0.3) is 0 Å². The van der Waals surface area contributed by atoms with E-state index in [0.29, 0.717) is 31.1 Å². The van der Waals surface area contributed by atoms with Gasteiger partial charge in [0.15, 0.2) is 0 Å². The molecule has 0 saturated heterocycles. The second kappa shape index (κ2) is 6.10. The van der Waals surface area contributed by atoms with Crippen LogP contribution in [0, 0.1) is 11.3 Å². The van der Waals surface area contributed by atoms with Crippen LogP contribution in [0.1, 0.15) is 62.9 Å². The van der Waals surface area contributed by atoms with Crippen LogP contribution in [-0.4, -0.2) is 17.2 Å². The fourth-order valence-electron chi connectivity index (χ4n) is 2.66. The first-order chi connectivity index (χ1) is 10.2. The van der Waals surface area contributed by atoms with Crippen LogP contribution in [0.15, 0.2) is 12.2 Å². The summed E-state index contributed by atoms with van der Waals surface area (Å²) in [7, 11) is 0. The summed E-state index contributed by atoms with van der Waals surface area (Å²) in [5.41, 5.74) is 4.19. The third-order valence-corrected chi connectivity index (χ3v) is 3.73. The number of hydrogen-bond acceptors (Lipinski definition) is 4. The Morgan fingerprint density at radius 3 is 2.68 bits per heavy atom. The van der Waals surface area contributed by atoms with E-state index in [9.17, 15) is 5.26 Å². The number of ether oxygens (including phenoxy) is 2. The van der Waals surface area contributed by atoms with Gasteiger partial charge in [-0.25, -0.2) is 4.98 Å². The van der Waals surface area contributed by atoms with Crippen LogP contribution in [0.5, 0.6) is 5.88 Å². The van der Waals surface area contributed by atoms with Crippen molar-refractivity contribution in [3.8, 4) is 11.9 Å². The van der Waals surface area contributed by atoms with Crippen LogP contribution >= 0.6 is 0 Å². The fourth-order valence-corrected chi connectivity index (χ4v) is 2.66. The van der Waals surface area contributed by atoms with Crippen molar-refractivity contribution >= 4 is 0 Å². The highest BCUT2D eigenvalue weighted by molar-refractivity contribution is 5.52. The average molecular weight is 300 g/mol. The summed E-state index contributed by atoms with van der Waals surface area (Å²) in [6.07, 6.45) is 0.691. The zero-order chi connectivity index (χ0) is 16.5. The van der Waals surface area contributed by atoms with Gasteiger partial charge in [-0.1, -0.05) is 20.4 Å². The Kier molecular flexibility index (Phi) is 4.58. The van der Waals surface area contributed by atoms with Crippen LogP contribution in [0.4, 0.5) is 0 Å². The highest BCUT2D eigenvalue weighted by Gasteiger charge is 2.32. The van der Waals surface area contributed by atoms with Gasteiger partial charge in [0, 0.05) is 12.0 Å². The molecule has 0 unspecified atom stereocenters. The lowest BCUT2D eigenvalue weighted by molar-refractivity contribution is -0.0409. The molecule has 1 aliphatic rings. The summed E-state index contributed by atoms with van der Waals surface area (Å²) in [5.74, 6) is 0.670. The van der Waals surface area contributed by atoms with Crippen LogP contribution in [0.3, 0.4) is 0 Å². The van der Waals surface area contributed by atoms with Gasteiger partial charge in [0.05, 0.1) is 17.9 Å². The van der Waals surface area contributed by atoms with Crippen molar-refractivity contribution in [1.29, 1.82) is 5.26 Å². The minimum Gasteiger partial charge on any atom is -0.472 e. The molecule has 4 nitrogen and oxygen atoms in total. The van der Waals surface area contributed by atoms with E-state index in [0.717, 1.165) is 22.4 Å². The first-order valence-electron chi connectivity index (χ1n) is 7.62. The van der Waals surface area contributed by atoms with Crippen molar-refractivity contribution in [1.82, 2.24) is 4.98 Å². The largest absolute Gasteiger partial charge is 0.472 e. The lowest BCUT2D eigenvalue weighted by atomic mass is 9.86. The first kappa shape index (κ1) is 16.5. The Bertz CT molecular complexity index is 639. The normalized spacial score (nSPS) is 16.0. The standard InChI is InChI=1S/C18H24N2O2/c1-11(2)9-21-17-14(8-19)13-7-18(5,6)22-10-15(13)16(20-17)12(3)4/h12H,1,7,9-10H2,2-6H3. The van der Waals surface area contributed by atoms with E-state index in [1.807, 2.05) is 20.8 Å². The Morgan fingerprint density at radius 1 is 1.45 bits per heavy atom. The number of rotatable bonds is 4. The number of hydrogen-bond donors (Lipinski definition) is 0. The zero-order valence-corrected chi connectivity index (χ0v) is 14.1. The topological polar surface area (TPSA) is 55.1 Å². The summed E-state index contributed by atoms with van der Waals surface area (Å²) in [4.78, 5) is 4.61. The molecular weight excluding hydrogens is 276 g/mol. The highest BCUT2D eigenvalue weighted by Crippen LogP contribution is 2.37. The maximum Gasteiger partial charge on any atom is 0.232 e. The fraction of sp³-hybridized carbons (Fsp3) is 0.556. The van der Waals surface area contributed by atoms with E-state index in [4.69, 9.17) is 9.47 Å². The molecule has 2 rings (SSSR count). The summed E-state index contributed by atoms with van der Waals surface area (Å²) in [6, 6.07) is 2.28. The van der Waals surface area contributed by atoms with E-state index in [1.54, 1.807) is 0 Å². The third kappa shape index (κ3) is 3.31. The van der Waals surface area contributed by atoms with Crippen LogP contribution in [0.25, 0.3) is 0 Å². The molecule has 0 bridgehead atoms. The molecule has 0 amide bonds. The smallest absolute Gasteiger partial charge is 0.232 e. The van der Waals surface area contributed by atoms with Gasteiger partial charge < -0.3 is 9.47 Å². The molecule has 22 heavy (non-hydrogen) atoms. The number of aromatic nitrogens is 1. The van der Waals surface area contributed by atoms with Crippen molar-refractivity contribution in [3.63, 3.8) is 0 Å². The second-order valence-corrected chi connectivity index (χ2v) is 6.87. The SMILES string of the molecule is C=C(C)COc1nc(C(C)C)c2c(c1C#N)CC(C)(C)OC2. The highest BCUT2D eigenvalue weighted by atomic mass is 16.5. The van der Waals surface area contributed by atoms with Gasteiger partial charge in [0.2, 0.25) is 5.88 Å². The van der Waals surface area contributed by atoms with Crippen molar-refractivity contribution in [3.05, 3.63) is 34.5 Å². The molecule has 0 aromatic carbocycles. The summed E-state index contributed by atoms with van der Waals surface area (Å²) in [5, 5.41) is 9.61. The minimum atomic E-state index is -0.278. The third-order valence-electron chi connectivity index (χ3n) is 3.73. The second-order valence-electron chi connectivity index (χ2n) is 6.87. The van der Waals surface area contributed by atoms with E-state index in [1.165, 1.54) is 0 Å². The zero-order valence-electron chi connectivity index (χ0n) is 14.1. The molecule has 0 N–H and O–H groups in total. The minimum absolute atomic E-state index is 0.249. The summed E-state index contributed by atoms with van der Waals surface area (Å²) < 4.78 is 11.7. The molecule has 0 atom stereocenters. The maximum absolute atomic E-state index is 9.61. The molecule has 0 aliphatic carbocycles. The molecule has 0 saturated carbocycles. The molecule has 118 valence electrons. The predicted octanol–water partition coefficient (Wildman–Crippen LogP) is 3.88.